The molecule has 1 aromatic carbocycles. The van der Waals surface area contributed by atoms with E-state index in [1.54, 1.807) is 7.05 Å². The average molecular weight is 313 g/mol. The van der Waals surface area contributed by atoms with Crippen LogP contribution in [0.5, 0.6) is 0 Å². The molecule has 0 amide bonds. The summed E-state index contributed by atoms with van der Waals surface area (Å²) in [6, 6.07) is 8.47. The van der Waals surface area contributed by atoms with Gasteiger partial charge in [0.2, 0.25) is 0 Å². The third-order valence-electron chi connectivity index (χ3n) is 3.54. The average Bonchev–Trinajstić information content (AvgIpc) is 2.94. The lowest BCUT2D eigenvalue weighted by Gasteiger charge is -2.14. The standard InChI is InChI=1S/C18H27N5/c1-14(2)13-23-9-8-20-17(23)12-22-18(19-4)21-11-16-7-5-6-15(3)10-16/h5-10,14H,11-13H2,1-4H3,(H2,19,21,22). The van der Waals surface area contributed by atoms with E-state index in [9.17, 15) is 0 Å². The minimum absolute atomic E-state index is 0.599. The normalized spacial score (nSPS) is 11.8. The summed E-state index contributed by atoms with van der Waals surface area (Å²) in [7, 11) is 1.78. The second-order valence-corrected chi connectivity index (χ2v) is 6.16. The van der Waals surface area contributed by atoms with E-state index < -0.39 is 0 Å². The van der Waals surface area contributed by atoms with E-state index in [0.29, 0.717) is 12.5 Å². The molecular weight excluding hydrogens is 286 g/mol. The van der Waals surface area contributed by atoms with Crippen molar-refractivity contribution in [2.24, 2.45) is 10.9 Å². The molecule has 0 fully saturated rings. The maximum Gasteiger partial charge on any atom is 0.191 e. The van der Waals surface area contributed by atoms with Gasteiger partial charge in [0.1, 0.15) is 5.82 Å². The lowest BCUT2D eigenvalue weighted by Crippen LogP contribution is -2.37. The molecule has 0 atom stereocenters. The summed E-state index contributed by atoms with van der Waals surface area (Å²) in [6.45, 7) is 8.91. The Hall–Kier alpha value is -2.30. The first-order valence-corrected chi connectivity index (χ1v) is 8.08. The van der Waals surface area contributed by atoms with Gasteiger partial charge in [0.15, 0.2) is 5.96 Å². The first-order chi connectivity index (χ1) is 11.1. The molecule has 2 aromatic rings. The van der Waals surface area contributed by atoms with Crippen LogP contribution in [0.25, 0.3) is 0 Å². The van der Waals surface area contributed by atoms with Crippen molar-refractivity contribution in [1.29, 1.82) is 0 Å². The first kappa shape index (κ1) is 17.1. The fourth-order valence-corrected chi connectivity index (χ4v) is 2.46. The SMILES string of the molecule is CN=C(NCc1cccc(C)c1)NCc1nccn1CC(C)C. The van der Waals surface area contributed by atoms with Crippen LogP contribution in [0.2, 0.25) is 0 Å². The van der Waals surface area contributed by atoms with Crippen LogP contribution < -0.4 is 10.6 Å². The number of imidazole rings is 1. The van der Waals surface area contributed by atoms with Gasteiger partial charge in [0.05, 0.1) is 6.54 Å². The van der Waals surface area contributed by atoms with Gasteiger partial charge in [0, 0.05) is 32.5 Å². The molecule has 5 heteroatoms. The molecule has 1 aromatic heterocycles. The molecule has 2 rings (SSSR count). The Morgan fingerprint density at radius 3 is 2.74 bits per heavy atom. The predicted octanol–water partition coefficient (Wildman–Crippen LogP) is 2.71. The van der Waals surface area contributed by atoms with E-state index in [1.165, 1.54) is 11.1 Å². The van der Waals surface area contributed by atoms with Gasteiger partial charge in [-0.3, -0.25) is 4.99 Å². The van der Waals surface area contributed by atoms with Gasteiger partial charge in [-0.25, -0.2) is 4.98 Å². The largest absolute Gasteiger partial charge is 0.352 e. The molecule has 2 N–H and O–H groups in total. The van der Waals surface area contributed by atoms with Crippen molar-refractivity contribution in [2.45, 2.75) is 40.4 Å². The van der Waals surface area contributed by atoms with E-state index in [1.807, 2.05) is 12.4 Å². The molecule has 5 nitrogen and oxygen atoms in total. The number of aryl methyl sites for hydroxylation is 1. The third-order valence-corrected chi connectivity index (χ3v) is 3.54. The fraction of sp³-hybridized carbons (Fsp3) is 0.444. The maximum atomic E-state index is 4.42. The number of hydrogen-bond acceptors (Lipinski definition) is 2. The number of nitrogens with zero attached hydrogens (tertiary/aromatic N) is 3. The Labute approximate surface area is 138 Å². The van der Waals surface area contributed by atoms with Crippen LogP contribution in [0.15, 0.2) is 41.7 Å². The molecule has 0 unspecified atom stereocenters. The minimum Gasteiger partial charge on any atom is -0.352 e. The number of benzene rings is 1. The molecule has 0 bridgehead atoms. The van der Waals surface area contributed by atoms with Gasteiger partial charge in [-0.05, 0) is 18.4 Å². The summed E-state index contributed by atoms with van der Waals surface area (Å²) in [5.41, 5.74) is 2.51. The fourth-order valence-electron chi connectivity index (χ4n) is 2.46. The third kappa shape index (κ3) is 5.43. The summed E-state index contributed by atoms with van der Waals surface area (Å²) in [4.78, 5) is 8.70. The number of aliphatic imine (C=N–C) groups is 1. The molecule has 0 saturated carbocycles. The van der Waals surface area contributed by atoms with Crippen LogP contribution in [-0.4, -0.2) is 22.6 Å². The zero-order valence-corrected chi connectivity index (χ0v) is 14.5. The number of nitrogens with one attached hydrogen (secondary N) is 2. The zero-order chi connectivity index (χ0) is 16.7. The van der Waals surface area contributed by atoms with E-state index in [0.717, 1.165) is 24.9 Å². The number of guanidine groups is 1. The Morgan fingerprint density at radius 2 is 2.04 bits per heavy atom. The predicted molar refractivity (Wildman–Crippen MR) is 95.3 cm³/mol. The van der Waals surface area contributed by atoms with Crippen LogP contribution in [0, 0.1) is 12.8 Å². The van der Waals surface area contributed by atoms with Crippen molar-refractivity contribution in [1.82, 2.24) is 20.2 Å². The minimum atomic E-state index is 0.599. The molecule has 0 radical (unpaired) electrons. The molecule has 0 aliphatic heterocycles. The molecular formula is C18H27N5. The van der Waals surface area contributed by atoms with E-state index >= 15 is 0 Å². The molecule has 124 valence electrons. The van der Waals surface area contributed by atoms with Gasteiger partial charge < -0.3 is 15.2 Å². The second kappa shape index (κ2) is 8.36. The topological polar surface area (TPSA) is 54.2 Å². The highest BCUT2D eigenvalue weighted by atomic mass is 15.2. The lowest BCUT2D eigenvalue weighted by molar-refractivity contribution is 0.503. The van der Waals surface area contributed by atoms with E-state index in [-0.39, 0.29) is 0 Å². The Kier molecular flexibility index (Phi) is 6.20. The highest BCUT2D eigenvalue weighted by molar-refractivity contribution is 5.79. The van der Waals surface area contributed by atoms with Crippen molar-refractivity contribution >= 4 is 5.96 Å². The number of aromatic nitrogens is 2. The van der Waals surface area contributed by atoms with Gasteiger partial charge in [-0.2, -0.15) is 0 Å². The summed E-state index contributed by atoms with van der Waals surface area (Å²) in [6.07, 6.45) is 3.88. The van der Waals surface area contributed by atoms with Crippen LogP contribution >= 0.6 is 0 Å². The van der Waals surface area contributed by atoms with E-state index in [2.05, 4.69) is 70.2 Å². The van der Waals surface area contributed by atoms with Crippen LogP contribution in [-0.2, 0) is 19.6 Å². The first-order valence-electron chi connectivity index (χ1n) is 8.08. The van der Waals surface area contributed by atoms with Crippen LogP contribution in [0.1, 0.15) is 30.8 Å². The van der Waals surface area contributed by atoms with Gasteiger partial charge in [0.25, 0.3) is 0 Å². The van der Waals surface area contributed by atoms with E-state index in [4.69, 9.17) is 0 Å². The molecule has 0 saturated heterocycles. The Morgan fingerprint density at radius 1 is 1.26 bits per heavy atom. The van der Waals surface area contributed by atoms with Crippen LogP contribution in [0.4, 0.5) is 0 Å². The molecule has 0 aliphatic carbocycles. The van der Waals surface area contributed by atoms with Crippen LogP contribution in [0.3, 0.4) is 0 Å². The maximum absolute atomic E-state index is 4.42. The van der Waals surface area contributed by atoms with Crippen molar-refractivity contribution in [3.63, 3.8) is 0 Å². The summed E-state index contributed by atoms with van der Waals surface area (Å²) in [5, 5.41) is 6.66. The Balaban J connectivity index is 1.87. The summed E-state index contributed by atoms with van der Waals surface area (Å²) in [5.74, 6) is 2.41. The smallest absolute Gasteiger partial charge is 0.191 e. The van der Waals surface area contributed by atoms with Gasteiger partial charge in [-0.1, -0.05) is 43.7 Å². The molecule has 0 spiro atoms. The van der Waals surface area contributed by atoms with Crippen molar-refractivity contribution in [3.05, 3.63) is 53.6 Å². The summed E-state index contributed by atoms with van der Waals surface area (Å²) >= 11 is 0. The quantitative estimate of drug-likeness (QED) is 0.637. The van der Waals surface area contributed by atoms with Crippen molar-refractivity contribution in [2.75, 3.05) is 7.05 Å². The van der Waals surface area contributed by atoms with Crippen molar-refractivity contribution in [3.8, 4) is 0 Å². The highest BCUT2D eigenvalue weighted by Gasteiger charge is 2.06. The molecule has 1 heterocycles. The lowest BCUT2D eigenvalue weighted by atomic mass is 10.1. The number of hydrogen-bond donors (Lipinski definition) is 2. The van der Waals surface area contributed by atoms with Crippen molar-refractivity contribution < 1.29 is 0 Å². The highest BCUT2D eigenvalue weighted by Crippen LogP contribution is 2.04. The summed E-state index contributed by atoms with van der Waals surface area (Å²) < 4.78 is 2.19. The molecule has 0 aliphatic rings. The number of rotatable bonds is 6. The Bertz CT molecular complexity index is 642. The monoisotopic (exact) mass is 313 g/mol. The zero-order valence-electron chi connectivity index (χ0n) is 14.5. The van der Waals surface area contributed by atoms with Gasteiger partial charge in [-0.15, -0.1) is 0 Å². The van der Waals surface area contributed by atoms with Gasteiger partial charge >= 0.3 is 0 Å². The second-order valence-electron chi connectivity index (χ2n) is 6.16. The molecule has 23 heavy (non-hydrogen) atoms.